The molecule has 0 N–H and O–H groups in total. The smallest absolute Gasteiger partial charge is 0.254 e. The number of hydrogen-bond acceptors (Lipinski definition) is 5. The van der Waals surface area contributed by atoms with Gasteiger partial charge in [-0.25, -0.2) is 13.4 Å². The maximum atomic E-state index is 12.6. The van der Waals surface area contributed by atoms with E-state index in [1.165, 1.54) is 11.2 Å². The number of rotatable bonds is 2. The Morgan fingerprint density at radius 1 is 1.30 bits per heavy atom. The van der Waals surface area contributed by atoms with Gasteiger partial charge in [0.15, 0.2) is 8.68 Å². The van der Waals surface area contributed by atoms with Crippen LogP contribution in [0.4, 0.5) is 0 Å². The molecule has 0 saturated carbocycles. The van der Waals surface area contributed by atoms with Gasteiger partial charge in [-0.15, -0.1) is 0 Å². The van der Waals surface area contributed by atoms with E-state index in [1.807, 2.05) is 0 Å². The van der Waals surface area contributed by atoms with Crippen LogP contribution in [-0.4, -0.2) is 54.7 Å². The number of hydrogen-bond donors (Lipinski definition) is 0. The summed E-state index contributed by atoms with van der Waals surface area (Å²) < 4.78 is 27.0. The van der Waals surface area contributed by atoms with Crippen LogP contribution in [0.15, 0.2) is 4.21 Å². The molecule has 1 aromatic heterocycles. The second-order valence-corrected chi connectivity index (χ2v) is 8.32. The lowest BCUT2D eigenvalue weighted by atomic mass is 10.4. The van der Waals surface area contributed by atoms with E-state index in [-0.39, 0.29) is 14.6 Å². The van der Waals surface area contributed by atoms with Gasteiger partial charge in [0.25, 0.3) is 10.0 Å². The zero-order chi connectivity index (χ0) is 14.9. The second kappa shape index (κ2) is 5.97. The number of halogens is 1. The third-order valence-electron chi connectivity index (χ3n) is 3.20. The zero-order valence-corrected chi connectivity index (χ0v) is 13.7. The van der Waals surface area contributed by atoms with E-state index < -0.39 is 10.0 Å². The monoisotopic (exact) mass is 337 g/mol. The van der Waals surface area contributed by atoms with Crippen molar-refractivity contribution >= 4 is 38.9 Å². The van der Waals surface area contributed by atoms with Gasteiger partial charge in [-0.3, -0.25) is 4.79 Å². The molecule has 0 bridgehead atoms. The molecule has 6 nitrogen and oxygen atoms in total. The Labute approximate surface area is 127 Å². The van der Waals surface area contributed by atoms with Crippen molar-refractivity contribution in [3.63, 3.8) is 0 Å². The summed E-state index contributed by atoms with van der Waals surface area (Å²) in [4.78, 5) is 17.0. The van der Waals surface area contributed by atoms with Crippen molar-refractivity contribution in [2.75, 3.05) is 26.2 Å². The van der Waals surface area contributed by atoms with Crippen molar-refractivity contribution in [2.45, 2.75) is 24.5 Å². The molecule has 0 unspecified atom stereocenters. The lowest BCUT2D eigenvalue weighted by Crippen LogP contribution is -2.36. The van der Waals surface area contributed by atoms with Gasteiger partial charge in [0, 0.05) is 33.1 Å². The van der Waals surface area contributed by atoms with E-state index in [2.05, 4.69) is 4.98 Å². The molecule has 2 rings (SSSR count). The molecule has 20 heavy (non-hydrogen) atoms. The van der Waals surface area contributed by atoms with E-state index >= 15 is 0 Å². The molecule has 1 amide bonds. The largest absolute Gasteiger partial charge is 0.342 e. The Hall–Kier alpha value is -0.700. The fraction of sp³-hybridized carbons (Fsp3) is 0.636. The molecule has 1 aromatic rings. The Balaban J connectivity index is 2.22. The molecule has 1 saturated heterocycles. The number of aryl methyl sites for hydroxylation is 1. The molecule has 1 fully saturated rings. The Bertz CT molecular complexity index is 614. The summed E-state index contributed by atoms with van der Waals surface area (Å²) in [6.45, 7) is 4.84. The first-order valence-corrected chi connectivity index (χ1v) is 8.84. The van der Waals surface area contributed by atoms with Gasteiger partial charge in [-0.2, -0.15) is 4.31 Å². The highest BCUT2D eigenvalue weighted by Crippen LogP contribution is 2.29. The molecule has 1 aliphatic heterocycles. The number of carbonyl (C=O) groups is 1. The van der Waals surface area contributed by atoms with E-state index in [0.29, 0.717) is 38.3 Å². The minimum absolute atomic E-state index is 0.0266. The van der Waals surface area contributed by atoms with Crippen LogP contribution >= 0.6 is 22.9 Å². The van der Waals surface area contributed by atoms with Crippen LogP contribution in [0.3, 0.4) is 0 Å². The lowest BCUT2D eigenvalue weighted by molar-refractivity contribution is -0.128. The minimum atomic E-state index is -3.58. The van der Waals surface area contributed by atoms with Crippen molar-refractivity contribution < 1.29 is 13.2 Å². The summed E-state index contributed by atoms with van der Waals surface area (Å²) in [7, 11) is -3.58. The Morgan fingerprint density at radius 3 is 2.55 bits per heavy atom. The number of nitrogens with zero attached hydrogens (tertiary/aromatic N) is 3. The zero-order valence-electron chi connectivity index (χ0n) is 11.3. The summed E-state index contributed by atoms with van der Waals surface area (Å²) in [5, 5.41) is 0. The van der Waals surface area contributed by atoms with Crippen molar-refractivity contribution in [1.29, 1.82) is 0 Å². The maximum absolute atomic E-state index is 12.6. The molecular weight excluding hydrogens is 322 g/mol. The third-order valence-corrected chi connectivity index (χ3v) is 6.95. The van der Waals surface area contributed by atoms with Crippen molar-refractivity contribution in [2.24, 2.45) is 0 Å². The molecule has 112 valence electrons. The van der Waals surface area contributed by atoms with Crippen LogP contribution in [0.2, 0.25) is 4.47 Å². The van der Waals surface area contributed by atoms with Crippen molar-refractivity contribution in [3.8, 4) is 0 Å². The molecule has 0 aliphatic carbocycles. The van der Waals surface area contributed by atoms with Gasteiger partial charge in [0.05, 0.1) is 5.69 Å². The number of carbonyl (C=O) groups excluding carboxylic acids is 1. The molecule has 0 spiro atoms. The van der Waals surface area contributed by atoms with Crippen LogP contribution < -0.4 is 0 Å². The Morgan fingerprint density at radius 2 is 2.00 bits per heavy atom. The molecule has 0 atom stereocenters. The maximum Gasteiger partial charge on any atom is 0.254 e. The lowest BCUT2D eigenvalue weighted by Gasteiger charge is -2.20. The van der Waals surface area contributed by atoms with Gasteiger partial charge >= 0.3 is 0 Å². The first-order chi connectivity index (χ1) is 9.32. The van der Waals surface area contributed by atoms with Crippen LogP contribution in [0.5, 0.6) is 0 Å². The molecule has 1 aliphatic rings. The van der Waals surface area contributed by atoms with Gasteiger partial charge < -0.3 is 4.90 Å². The highest BCUT2D eigenvalue weighted by molar-refractivity contribution is 7.91. The van der Waals surface area contributed by atoms with E-state index in [9.17, 15) is 13.2 Å². The van der Waals surface area contributed by atoms with E-state index in [0.717, 1.165) is 11.3 Å². The number of thiazole rings is 1. The number of amides is 1. The fourth-order valence-electron chi connectivity index (χ4n) is 2.16. The van der Waals surface area contributed by atoms with E-state index in [1.54, 1.807) is 11.8 Å². The topological polar surface area (TPSA) is 70.6 Å². The summed E-state index contributed by atoms with van der Waals surface area (Å²) in [6, 6.07) is 0. The predicted molar refractivity (Wildman–Crippen MR) is 77.5 cm³/mol. The van der Waals surface area contributed by atoms with Gasteiger partial charge in [0.2, 0.25) is 5.91 Å². The standard InChI is InChI=1S/C11H16ClN3O3S2/c1-8-10(19-11(12)13-8)20(17,18)15-5-3-4-14(6-7-15)9(2)16/h3-7H2,1-2H3. The summed E-state index contributed by atoms with van der Waals surface area (Å²) >= 11 is 6.75. The number of aromatic nitrogens is 1. The van der Waals surface area contributed by atoms with Crippen LogP contribution in [0.25, 0.3) is 0 Å². The molecule has 0 radical (unpaired) electrons. The molecule has 2 heterocycles. The van der Waals surface area contributed by atoms with Gasteiger partial charge in [-0.05, 0) is 13.3 Å². The third kappa shape index (κ3) is 3.13. The minimum Gasteiger partial charge on any atom is -0.342 e. The quantitative estimate of drug-likeness (QED) is 0.816. The Kier molecular flexibility index (Phi) is 4.68. The van der Waals surface area contributed by atoms with Gasteiger partial charge in [0.1, 0.15) is 0 Å². The summed E-state index contributed by atoms with van der Waals surface area (Å²) in [5.41, 5.74) is 0.424. The molecule has 0 aromatic carbocycles. The van der Waals surface area contributed by atoms with Gasteiger partial charge in [-0.1, -0.05) is 22.9 Å². The first-order valence-electron chi connectivity index (χ1n) is 6.21. The highest BCUT2D eigenvalue weighted by atomic mass is 35.5. The average molecular weight is 338 g/mol. The second-order valence-electron chi connectivity index (χ2n) is 4.60. The SMILES string of the molecule is CC(=O)N1CCCN(S(=O)(=O)c2sc(Cl)nc2C)CC1. The summed E-state index contributed by atoms with van der Waals surface area (Å²) in [6.07, 6.45) is 0.629. The molecule has 9 heteroatoms. The van der Waals surface area contributed by atoms with Crippen LogP contribution in [0.1, 0.15) is 19.0 Å². The highest BCUT2D eigenvalue weighted by Gasteiger charge is 2.30. The normalized spacial score (nSPS) is 18.1. The fourth-order valence-corrected chi connectivity index (χ4v) is 5.50. The average Bonchev–Trinajstić information content (AvgIpc) is 2.59. The van der Waals surface area contributed by atoms with Crippen molar-refractivity contribution in [1.82, 2.24) is 14.2 Å². The first kappa shape index (κ1) is 15.7. The number of sulfonamides is 1. The van der Waals surface area contributed by atoms with Crippen molar-refractivity contribution in [3.05, 3.63) is 10.2 Å². The predicted octanol–water partition coefficient (Wildman–Crippen LogP) is 1.35. The molecular formula is C11H16ClN3O3S2. The van der Waals surface area contributed by atoms with Crippen LogP contribution in [-0.2, 0) is 14.8 Å². The van der Waals surface area contributed by atoms with E-state index in [4.69, 9.17) is 11.6 Å². The summed E-state index contributed by atoms with van der Waals surface area (Å²) in [5.74, 6) is -0.0266. The van der Waals surface area contributed by atoms with Crippen LogP contribution in [0, 0.1) is 6.92 Å².